The predicted octanol–water partition coefficient (Wildman–Crippen LogP) is 4.77. The molecule has 1 amide bonds. The van der Waals surface area contributed by atoms with Gasteiger partial charge in [0.2, 0.25) is 5.91 Å². The van der Waals surface area contributed by atoms with Gasteiger partial charge in [-0.1, -0.05) is 78.9 Å². The number of para-hydroxylation sites is 1. The molecule has 0 aliphatic rings. The quantitative estimate of drug-likeness (QED) is 0.664. The summed E-state index contributed by atoms with van der Waals surface area (Å²) in [6.07, 6.45) is 0.405. The molecular weight excluding hydrogens is 294 g/mol. The molecule has 0 atom stereocenters. The Labute approximate surface area is 143 Å². The molecule has 2 heteroatoms. The molecule has 0 bridgehead atoms. The Bertz CT molecular complexity index is 796. The van der Waals surface area contributed by atoms with Crippen LogP contribution < -0.4 is 4.90 Å². The van der Waals surface area contributed by atoms with Crippen LogP contribution in [0.15, 0.2) is 84.9 Å². The molecule has 0 heterocycles. The van der Waals surface area contributed by atoms with Gasteiger partial charge >= 0.3 is 0 Å². The Morgan fingerprint density at radius 1 is 0.750 bits per heavy atom. The first-order valence-electron chi connectivity index (χ1n) is 8.18. The van der Waals surface area contributed by atoms with Gasteiger partial charge in [-0.15, -0.1) is 0 Å². The average Bonchev–Trinajstić information content (AvgIpc) is 2.62. The van der Waals surface area contributed by atoms with Gasteiger partial charge in [0, 0.05) is 5.69 Å². The lowest BCUT2D eigenvalue weighted by atomic mass is 10.1. The second-order valence-corrected chi connectivity index (χ2v) is 5.91. The Balaban J connectivity index is 1.89. The number of aryl methyl sites for hydroxylation is 1. The van der Waals surface area contributed by atoms with E-state index in [4.69, 9.17) is 0 Å². The molecule has 0 saturated heterocycles. The van der Waals surface area contributed by atoms with Crippen molar-refractivity contribution in [2.75, 3.05) is 4.90 Å². The minimum Gasteiger partial charge on any atom is -0.307 e. The minimum absolute atomic E-state index is 0.111. The van der Waals surface area contributed by atoms with Crippen molar-refractivity contribution >= 4 is 11.6 Å². The molecule has 0 radical (unpaired) electrons. The molecule has 0 unspecified atom stereocenters. The van der Waals surface area contributed by atoms with E-state index in [2.05, 4.69) is 12.1 Å². The van der Waals surface area contributed by atoms with Crippen LogP contribution in [-0.4, -0.2) is 5.91 Å². The Morgan fingerprint density at radius 3 is 1.92 bits per heavy atom. The number of hydrogen-bond donors (Lipinski definition) is 0. The standard InChI is InChI=1S/C22H21NO/c1-18-10-8-9-15-21(18)23(17-20-13-6-3-7-14-20)22(24)16-19-11-4-2-5-12-19/h2-15H,16-17H2,1H3. The SMILES string of the molecule is Cc1ccccc1N(Cc1ccccc1)C(=O)Cc1ccccc1. The molecule has 2 nitrogen and oxygen atoms in total. The van der Waals surface area contributed by atoms with Crippen molar-refractivity contribution < 1.29 is 4.79 Å². The van der Waals surface area contributed by atoms with Crippen LogP contribution in [0.2, 0.25) is 0 Å². The van der Waals surface area contributed by atoms with Crippen molar-refractivity contribution in [2.45, 2.75) is 19.9 Å². The Kier molecular flexibility index (Phi) is 5.07. The number of hydrogen-bond acceptors (Lipinski definition) is 1. The summed E-state index contributed by atoms with van der Waals surface area (Å²) in [7, 11) is 0. The summed E-state index contributed by atoms with van der Waals surface area (Å²) in [5.41, 5.74) is 4.24. The molecule has 0 aromatic heterocycles. The van der Waals surface area contributed by atoms with Crippen molar-refractivity contribution in [3.8, 4) is 0 Å². The Morgan fingerprint density at radius 2 is 1.29 bits per heavy atom. The molecule has 3 aromatic carbocycles. The van der Waals surface area contributed by atoms with Gasteiger partial charge in [0.25, 0.3) is 0 Å². The smallest absolute Gasteiger partial charge is 0.231 e. The van der Waals surface area contributed by atoms with Gasteiger partial charge in [0.15, 0.2) is 0 Å². The van der Waals surface area contributed by atoms with Crippen LogP contribution in [0.25, 0.3) is 0 Å². The van der Waals surface area contributed by atoms with E-state index in [-0.39, 0.29) is 5.91 Å². The fraction of sp³-hybridized carbons (Fsp3) is 0.136. The highest BCUT2D eigenvalue weighted by Gasteiger charge is 2.18. The number of carbonyl (C=O) groups excluding carboxylic acids is 1. The predicted molar refractivity (Wildman–Crippen MR) is 99.0 cm³/mol. The fourth-order valence-corrected chi connectivity index (χ4v) is 2.81. The van der Waals surface area contributed by atoms with E-state index in [9.17, 15) is 4.79 Å². The van der Waals surface area contributed by atoms with Crippen LogP contribution in [-0.2, 0) is 17.8 Å². The maximum Gasteiger partial charge on any atom is 0.231 e. The number of rotatable bonds is 5. The second kappa shape index (κ2) is 7.60. The van der Waals surface area contributed by atoms with Crippen LogP contribution >= 0.6 is 0 Å². The number of anilines is 1. The van der Waals surface area contributed by atoms with Crippen molar-refractivity contribution in [1.82, 2.24) is 0 Å². The van der Waals surface area contributed by atoms with Gasteiger partial charge in [-0.2, -0.15) is 0 Å². The zero-order valence-corrected chi connectivity index (χ0v) is 13.9. The normalized spacial score (nSPS) is 10.4. The van der Waals surface area contributed by atoms with Gasteiger partial charge < -0.3 is 4.90 Å². The summed E-state index contributed by atoms with van der Waals surface area (Å²) in [5.74, 6) is 0.111. The molecule has 0 spiro atoms. The fourth-order valence-electron chi connectivity index (χ4n) is 2.81. The van der Waals surface area contributed by atoms with E-state index in [1.165, 1.54) is 0 Å². The molecule has 3 aromatic rings. The van der Waals surface area contributed by atoms with Gasteiger partial charge in [-0.3, -0.25) is 4.79 Å². The summed E-state index contributed by atoms with van der Waals surface area (Å²) >= 11 is 0. The molecule has 0 fully saturated rings. The maximum atomic E-state index is 13.0. The lowest BCUT2D eigenvalue weighted by molar-refractivity contribution is -0.118. The monoisotopic (exact) mass is 315 g/mol. The molecule has 0 aliphatic carbocycles. The highest BCUT2D eigenvalue weighted by molar-refractivity contribution is 5.95. The van der Waals surface area contributed by atoms with Gasteiger partial charge in [-0.25, -0.2) is 0 Å². The molecule has 0 saturated carbocycles. The van der Waals surface area contributed by atoms with Gasteiger partial charge in [0.05, 0.1) is 13.0 Å². The van der Waals surface area contributed by atoms with Gasteiger partial charge in [-0.05, 0) is 29.7 Å². The summed E-state index contributed by atoms with van der Waals surface area (Å²) in [5, 5.41) is 0. The zero-order valence-electron chi connectivity index (χ0n) is 13.9. The highest BCUT2D eigenvalue weighted by Crippen LogP contribution is 2.23. The van der Waals surface area contributed by atoms with Gasteiger partial charge in [0.1, 0.15) is 0 Å². The molecule has 24 heavy (non-hydrogen) atoms. The van der Waals surface area contributed by atoms with E-state index in [1.807, 2.05) is 84.6 Å². The first-order chi connectivity index (χ1) is 11.7. The largest absolute Gasteiger partial charge is 0.307 e. The summed E-state index contributed by atoms with van der Waals surface area (Å²) in [6.45, 7) is 2.63. The van der Waals surface area contributed by atoms with E-state index in [0.29, 0.717) is 13.0 Å². The summed E-state index contributed by atoms with van der Waals surface area (Å²) < 4.78 is 0. The van der Waals surface area contributed by atoms with E-state index in [0.717, 1.165) is 22.4 Å². The van der Waals surface area contributed by atoms with Crippen molar-refractivity contribution in [3.63, 3.8) is 0 Å². The zero-order chi connectivity index (χ0) is 16.8. The van der Waals surface area contributed by atoms with Crippen LogP contribution in [0.3, 0.4) is 0 Å². The van der Waals surface area contributed by atoms with Crippen molar-refractivity contribution in [1.29, 1.82) is 0 Å². The lowest BCUT2D eigenvalue weighted by Gasteiger charge is -2.25. The maximum absolute atomic E-state index is 13.0. The first-order valence-corrected chi connectivity index (χ1v) is 8.18. The number of benzene rings is 3. The minimum atomic E-state index is 0.111. The number of nitrogens with zero attached hydrogens (tertiary/aromatic N) is 1. The first kappa shape index (κ1) is 16.0. The van der Waals surface area contributed by atoms with Crippen LogP contribution in [0.5, 0.6) is 0 Å². The number of amides is 1. The third-order valence-corrected chi connectivity index (χ3v) is 4.09. The molecule has 0 aliphatic heterocycles. The van der Waals surface area contributed by atoms with E-state index < -0.39 is 0 Å². The third-order valence-electron chi connectivity index (χ3n) is 4.09. The molecule has 0 N–H and O–H groups in total. The second-order valence-electron chi connectivity index (χ2n) is 5.91. The lowest BCUT2D eigenvalue weighted by Crippen LogP contribution is -2.32. The van der Waals surface area contributed by atoms with Crippen molar-refractivity contribution in [3.05, 3.63) is 102 Å². The average molecular weight is 315 g/mol. The van der Waals surface area contributed by atoms with Crippen LogP contribution in [0, 0.1) is 6.92 Å². The summed E-state index contributed by atoms with van der Waals surface area (Å²) in [6, 6.07) is 28.1. The third kappa shape index (κ3) is 3.90. The molecule has 3 rings (SSSR count). The topological polar surface area (TPSA) is 20.3 Å². The van der Waals surface area contributed by atoms with E-state index in [1.54, 1.807) is 0 Å². The Hall–Kier alpha value is -2.87. The van der Waals surface area contributed by atoms with Crippen LogP contribution in [0.4, 0.5) is 5.69 Å². The van der Waals surface area contributed by atoms with Crippen LogP contribution in [0.1, 0.15) is 16.7 Å². The van der Waals surface area contributed by atoms with E-state index >= 15 is 0 Å². The summed E-state index contributed by atoms with van der Waals surface area (Å²) in [4.78, 5) is 14.9. The number of carbonyl (C=O) groups is 1. The molecular formula is C22H21NO. The highest BCUT2D eigenvalue weighted by atomic mass is 16.2. The molecule has 120 valence electrons. The van der Waals surface area contributed by atoms with Crippen molar-refractivity contribution in [2.24, 2.45) is 0 Å².